The first-order valence-electron chi connectivity index (χ1n) is 6.34. The molecule has 0 N–H and O–H groups in total. The molecular formula is C15H13BrClNO2. The van der Waals surface area contributed by atoms with Crippen molar-refractivity contribution >= 4 is 27.5 Å². The molecule has 3 rings (SSSR count). The van der Waals surface area contributed by atoms with Crippen molar-refractivity contribution in [3.05, 3.63) is 51.8 Å². The highest BCUT2D eigenvalue weighted by molar-refractivity contribution is 9.10. The summed E-state index contributed by atoms with van der Waals surface area (Å²) in [5.74, 6) is 2.09. The minimum absolute atomic E-state index is 0.410. The van der Waals surface area contributed by atoms with Crippen molar-refractivity contribution in [1.29, 1.82) is 0 Å². The largest absolute Gasteiger partial charge is 0.493 e. The Morgan fingerprint density at radius 1 is 1.35 bits per heavy atom. The average Bonchev–Trinajstić information content (AvgIpc) is 2.93. The lowest BCUT2D eigenvalue weighted by Gasteiger charge is -2.11. The molecule has 0 fully saturated rings. The Bertz CT molecular complexity index is 616. The number of hydrogen-bond donors (Lipinski definition) is 0. The van der Waals surface area contributed by atoms with Crippen LogP contribution in [0.25, 0.3) is 0 Å². The Hall–Kier alpha value is -1.26. The van der Waals surface area contributed by atoms with Gasteiger partial charge in [0.05, 0.1) is 24.4 Å². The Balaban J connectivity index is 1.75. The van der Waals surface area contributed by atoms with Crippen LogP contribution >= 0.6 is 27.5 Å². The summed E-state index contributed by atoms with van der Waals surface area (Å²) in [6.45, 7) is 1.20. The molecule has 0 saturated heterocycles. The standard InChI is InChI=1S/C15H13BrClNO2/c16-12-5-10-3-4-19-15(10)11(6-12)9-20-14-2-1-13(7-17)18-8-14/h1-2,5-6,8H,3-4,7,9H2. The van der Waals surface area contributed by atoms with E-state index in [4.69, 9.17) is 21.1 Å². The van der Waals surface area contributed by atoms with Crippen LogP contribution in [0.15, 0.2) is 34.9 Å². The van der Waals surface area contributed by atoms with Crippen molar-refractivity contribution in [3.8, 4) is 11.5 Å². The van der Waals surface area contributed by atoms with Crippen LogP contribution in [-0.2, 0) is 18.9 Å². The first-order chi connectivity index (χ1) is 9.76. The van der Waals surface area contributed by atoms with Crippen molar-refractivity contribution in [2.75, 3.05) is 6.61 Å². The van der Waals surface area contributed by atoms with Gasteiger partial charge in [-0.3, -0.25) is 4.98 Å². The minimum Gasteiger partial charge on any atom is -0.493 e. The molecule has 0 amide bonds. The van der Waals surface area contributed by atoms with E-state index in [1.807, 2.05) is 18.2 Å². The van der Waals surface area contributed by atoms with Crippen molar-refractivity contribution < 1.29 is 9.47 Å². The number of aromatic nitrogens is 1. The van der Waals surface area contributed by atoms with Crippen molar-refractivity contribution in [3.63, 3.8) is 0 Å². The third-order valence-electron chi connectivity index (χ3n) is 3.15. The minimum atomic E-state index is 0.410. The quantitative estimate of drug-likeness (QED) is 0.775. The van der Waals surface area contributed by atoms with Crippen LogP contribution in [0.3, 0.4) is 0 Å². The van der Waals surface area contributed by atoms with Crippen LogP contribution in [-0.4, -0.2) is 11.6 Å². The van der Waals surface area contributed by atoms with Crippen LogP contribution in [0.2, 0.25) is 0 Å². The molecule has 2 heterocycles. The molecule has 104 valence electrons. The zero-order valence-electron chi connectivity index (χ0n) is 10.7. The highest BCUT2D eigenvalue weighted by Gasteiger charge is 2.17. The maximum Gasteiger partial charge on any atom is 0.138 e. The molecule has 1 aromatic carbocycles. The fourth-order valence-corrected chi connectivity index (χ4v) is 2.90. The van der Waals surface area contributed by atoms with Gasteiger partial charge in [-0.25, -0.2) is 0 Å². The van der Waals surface area contributed by atoms with Gasteiger partial charge in [0.2, 0.25) is 0 Å². The average molecular weight is 355 g/mol. The van der Waals surface area contributed by atoms with Gasteiger partial charge in [-0.1, -0.05) is 15.9 Å². The Morgan fingerprint density at radius 3 is 3.00 bits per heavy atom. The molecule has 0 saturated carbocycles. The molecule has 0 bridgehead atoms. The molecule has 5 heteroatoms. The number of pyridine rings is 1. The second-order valence-corrected chi connectivity index (χ2v) is 5.74. The normalized spacial score (nSPS) is 12.9. The Labute approximate surface area is 131 Å². The maximum absolute atomic E-state index is 5.77. The molecule has 1 aromatic heterocycles. The van der Waals surface area contributed by atoms with Gasteiger partial charge in [0.1, 0.15) is 18.1 Å². The molecule has 1 aliphatic rings. The van der Waals surface area contributed by atoms with Gasteiger partial charge < -0.3 is 9.47 Å². The summed E-state index contributed by atoms with van der Waals surface area (Å²) in [6.07, 6.45) is 2.64. The SMILES string of the molecule is ClCc1ccc(OCc2cc(Br)cc3c2OCC3)cn1. The smallest absolute Gasteiger partial charge is 0.138 e. The molecule has 0 unspecified atom stereocenters. The van der Waals surface area contributed by atoms with E-state index in [9.17, 15) is 0 Å². The van der Waals surface area contributed by atoms with Gasteiger partial charge in [0, 0.05) is 16.5 Å². The van der Waals surface area contributed by atoms with E-state index in [2.05, 4.69) is 27.0 Å². The van der Waals surface area contributed by atoms with Crippen molar-refractivity contribution in [2.24, 2.45) is 0 Å². The second kappa shape index (κ2) is 6.02. The zero-order chi connectivity index (χ0) is 13.9. The summed E-state index contributed by atoms with van der Waals surface area (Å²) in [4.78, 5) is 4.20. The van der Waals surface area contributed by atoms with Gasteiger partial charge in [-0.15, -0.1) is 11.6 Å². The van der Waals surface area contributed by atoms with E-state index in [0.29, 0.717) is 12.5 Å². The number of rotatable bonds is 4. The number of benzene rings is 1. The van der Waals surface area contributed by atoms with Crippen molar-refractivity contribution in [2.45, 2.75) is 18.9 Å². The molecule has 0 spiro atoms. The highest BCUT2D eigenvalue weighted by Crippen LogP contribution is 2.33. The summed E-state index contributed by atoms with van der Waals surface area (Å²) in [5, 5.41) is 0. The fraction of sp³-hybridized carbons (Fsp3) is 0.267. The summed E-state index contributed by atoms with van der Waals surface area (Å²) in [6, 6.07) is 7.88. The predicted molar refractivity (Wildman–Crippen MR) is 81.5 cm³/mol. The number of alkyl halides is 1. The molecule has 0 aliphatic carbocycles. The van der Waals surface area contributed by atoms with Crippen LogP contribution in [0.1, 0.15) is 16.8 Å². The van der Waals surface area contributed by atoms with Gasteiger partial charge >= 0.3 is 0 Å². The second-order valence-electron chi connectivity index (χ2n) is 4.56. The molecule has 0 atom stereocenters. The zero-order valence-corrected chi connectivity index (χ0v) is 13.1. The number of halogens is 2. The lowest BCUT2D eigenvalue weighted by atomic mass is 10.1. The van der Waals surface area contributed by atoms with Crippen molar-refractivity contribution in [1.82, 2.24) is 4.98 Å². The third-order valence-corrected chi connectivity index (χ3v) is 3.89. The topological polar surface area (TPSA) is 31.4 Å². The maximum atomic E-state index is 5.77. The number of nitrogens with zero attached hydrogens (tertiary/aromatic N) is 1. The summed E-state index contributed by atoms with van der Waals surface area (Å²) in [5.41, 5.74) is 3.12. The molecule has 2 aromatic rings. The number of hydrogen-bond acceptors (Lipinski definition) is 3. The summed E-state index contributed by atoms with van der Waals surface area (Å²) < 4.78 is 12.5. The molecule has 20 heavy (non-hydrogen) atoms. The molecular weight excluding hydrogens is 342 g/mol. The van der Waals surface area contributed by atoms with Gasteiger partial charge in [-0.2, -0.15) is 0 Å². The van der Waals surface area contributed by atoms with Crippen LogP contribution < -0.4 is 9.47 Å². The highest BCUT2D eigenvalue weighted by atomic mass is 79.9. The van der Waals surface area contributed by atoms with Crippen LogP contribution in [0.4, 0.5) is 0 Å². The third kappa shape index (κ3) is 2.91. The lowest BCUT2D eigenvalue weighted by Crippen LogP contribution is -1.99. The summed E-state index contributed by atoms with van der Waals surface area (Å²) in [7, 11) is 0. The Morgan fingerprint density at radius 2 is 2.25 bits per heavy atom. The fourth-order valence-electron chi connectivity index (χ4n) is 2.19. The first kappa shape index (κ1) is 13.7. The van der Waals surface area contributed by atoms with E-state index in [1.54, 1.807) is 6.20 Å². The van der Waals surface area contributed by atoms with Gasteiger partial charge in [0.15, 0.2) is 0 Å². The molecule has 1 aliphatic heterocycles. The first-order valence-corrected chi connectivity index (χ1v) is 7.67. The van der Waals surface area contributed by atoms with Crippen LogP contribution in [0.5, 0.6) is 11.5 Å². The van der Waals surface area contributed by atoms with E-state index >= 15 is 0 Å². The van der Waals surface area contributed by atoms with E-state index in [0.717, 1.165) is 40.3 Å². The van der Waals surface area contributed by atoms with Crippen LogP contribution in [0, 0.1) is 0 Å². The van der Waals surface area contributed by atoms with Gasteiger partial charge in [-0.05, 0) is 29.8 Å². The molecule has 3 nitrogen and oxygen atoms in total. The van der Waals surface area contributed by atoms with E-state index in [-0.39, 0.29) is 0 Å². The van der Waals surface area contributed by atoms with E-state index < -0.39 is 0 Å². The number of fused-ring (bicyclic) bond motifs is 1. The predicted octanol–water partition coefficient (Wildman–Crippen LogP) is 4.10. The van der Waals surface area contributed by atoms with Gasteiger partial charge in [0.25, 0.3) is 0 Å². The lowest BCUT2D eigenvalue weighted by molar-refractivity contribution is 0.291. The Kier molecular flexibility index (Phi) is 4.13. The summed E-state index contributed by atoms with van der Waals surface area (Å²) >= 11 is 9.23. The number of ether oxygens (including phenoxy) is 2. The monoisotopic (exact) mass is 353 g/mol. The van der Waals surface area contributed by atoms with E-state index in [1.165, 1.54) is 5.56 Å². The molecule has 0 radical (unpaired) electrons.